The maximum Gasteiger partial charge on any atom is 0.356 e. The standard InChI is InChI=1S/C13H18N2O4S/c1-13(2,3)19-10(16)7-20-11-8(14)5-6-9(15-11)12(17)18-4/h5-6H,7,14H2,1-4H3. The van der Waals surface area contributed by atoms with E-state index in [0.717, 1.165) is 11.8 Å². The van der Waals surface area contributed by atoms with Crippen LogP contribution in [0.4, 0.5) is 5.69 Å². The van der Waals surface area contributed by atoms with Gasteiger partial charge in [0.05, 0.1) is 18.6 Å². The minimum absolute atomic E-state index is 0.0685. The van der Waals surface area contributed by atoms with Gasteiger partial charge in [-0.25, -0.2) is 9.78 Å². The molecule has 0 aliphatic heterocycles. The third-order valence-corrected chi connectivity index (χ3v) is 3.01. The summed E-state index contributed by atoms with van der Waals surface area (Å²) in [4.78, 5) is 27.1. The van der Waals surface area contributed by atoms with Crippen molar-refractivity contribution in [2.75, 3.05) is 18.6 Å². The number of carbonyl (C=O) groups excluding carboxylic acids is 2. The monoisotopic (exact) mass is 298 g/mol. The van der Waals surface area contributed by atoms with Gasteiger partial charge in [0.25, 0.3) is 0 Å². The highest BCUT2D eigenvalue weighted by Crippen LogP contribution is 2.24. The van der Waals surface area contributed by atoms with Crippen molar-refractivity contribution in [1.82, 2.24) is 4.98 Å². The summed E-state index contributed by atoms with van der Waals surface area (Å²) in [5.74, 6) is -0.852. The van der Waals surface area contributed by atoms with Crippen LogP contribution < -0.4 is 5.73 Å². The van der Waals surface area contributed by atoms with E-state index in [9.17, 15) is 9.59 Å². The molecule has 0 aromatic carbocycles. The van der Waals surface area contributed by atoms with Crippen LogP contribution in [-0.2, 0) is 14.3 Å². The third-order valence-electron chi connectivity index (χ3n) is 2.03. The zero-order valence-electron chi connectivity index (χ0n) is 11.9. The van der Waals surface area contributed by atoms with Crippen LogP contribution in [0.3, 0.4) is 0 Å². The molecule has 0 bridgehead atoms. The Labute approximate surface area is 122 Å². The van der Waals surface area contributed by atoms with Crippen LogP contribution in [0.25, 0.3) is 0 Å². The Morgan fingerprint density at radius 3 is 2.55 bits per heavy atom. The Kier molecular flexibility index (Phi) is 5.38. The molecule has 0 atom stereocenters. The molecule has 6 nitrogen and oxygen atoms in total. The van der Waals surface area contributed by atoms with Crippen molar-refractivity contribution in [2.45, 2.75) is 31.4 Å². The van der Waals surface area contributed by atoms with E-state index in [1.54, 1.807) is 26.8 Å². The minimum Gasteiger partial charge on any atom is -0.464 e. The minimum atomic E-state index is -0.552. The summed E-state index contributed by atoms with van der Waals surface area (Å²) < 4.78 is 9.76. The number of hydrogen-bond donors (Lipinski definition) is 1. The van der Waals surface area contributed by atoms with Crippen molar-refractivity contribution in [3.8, 4) is 0 Å². The molecule has 1 aromatic rings. The number of pyridine rings is 1. The molecule has 0 aliphatic carbocycles. The number of methoxy groups -OCH3 is 1. The lowest BCUT2D eigenvalue weighted by atomic mass is 10.2. The van der Waals surface area contributed by atoms with Crippen LogP contribution in [0.2, 0.25) is 0 Å². The predicted octanol–water partition coefficient (Wildman–Crippen LogP) is 1.88. The average molecular weight is 298 g/mol. The number of nitrogens with two attached hydrogens (primary N) is 1. The van der Waals surface area contributed by atoms with E-state index in [0.29, 0.717) is 10.7 Å². The number of hydrogen-bond acceptors (Lipinski definition) is 7. The van der Waals surface area contributed by atoms with Gasteiger partial charge >= 0.3 is 11.9 Å². The molecule has 0 amide bonds. The van der Waals surface area contributed by atoms with Gasteiger partial charge in [-0.1, -0.05) is 11.8 Å². The summed E-state index contributed by atoms with van der Waals surface area (Å²) in [5, 5.41) is 0.402. The van der Waals surface area contributed by atoms with Crippen LogP contribution in [0, 0.1) is 0 Å². The number of rotatable bonds is 4. The van der Waals surface area contributed by atoms with Crippen LogP contribution in [-0.4, -0.2) is 35.4 Å². The van der Waals surface area contributed by atoms with Crippen molar-refractivity contribution in [3.63, 3.8) is 0 Å². The summed E-state index contributed by atoms with van der Waals surface area (Å²) in [6, 6.07) is 3.02. The normalized spacial score (nSPS) is 11.0. The quantitative estimate of drug-likeness (QED) is 0.670. The maximum absolute atomic E-state index is 11.6. The first-order chi connectivity index (χ1) is 9.23. The van der Waals surface area contributed by atoms with E-state index < -0.39 is 11.6 Å². The van der Waals surface area contributed by atoms with Crippen molar-refractivity contribution in [3.05, 3.63) is 17.8 Å². The zero-order valence-corrected chi connectivity index (χ0v) is 12.7. The first kappa shape index (κ1) is 16.3. The van der Waals surface area contributed by atoms with Crippen molar-refractivity contribution >= 4 is 29.4 Å². The molecule has 7 heteroatoms. The second-order valence-corrected chi connectivity index (χ2v) is 5.92. The lowest BCUT2D eigenvalue weighted by Crippen LogP contribution is -2.25. The zero-order chi connectivity index (χ0) is 15.3. The SMILES string of the molecule is COC(=O)c1ccc(N)c(SCC(=O)OC(C)(C)C)n1. The molecule has 0 fully saturated rings. The Morgan fingerprint density at radius 2 is 2.00 bits per heavy atom. The molecular weight excluding hydrogens is 280 g/mol. The lowest BCUT2D eigenvalue weighted by Gasteiger charge is -2.19. The Morgan fingerprint density at radius 1 is 1.35 bits per heavy atom. The Balaban J connectivity index is 2.72. The van der Waals surface area contributed by atoms with Gasteiger partial charge < -0.3 is 15.2 Å². The average Bonchev–Trinajstić information content (AvgIpc) is 2.34. The number of thioether (sulfide) groups is 1. The van der Waals surface area contributed by atoms with Crippen LogP contribution >= 0.6 is 11.8 Å². The van der Waals surface area contributed by atoms with Crippen molar-refractivity contribution in [1.29, 1.82) is 0 Å². The summed E-state index contributed by atoms with van der Waals surface area (Å²) in [7, 11) is 1.27. The number of carbonyl (C=O) groups is 2. The molecule has 0 radical (unpaired) electrons. The van der Waals surface area contributed by atoms with E-state index in [-0.39, 0.29) is 17.4 Å². The largest absolute Gasteiger partial charge is 0.464 e. The smallest absolute Gasteiger partial charge is 0.356 e. The lowest BCUT2D eigenvalue weighted by molar-refractivity contribution is -0.151. The molecule has 0 saturated carbocycles. The summed E-state index contributed by atoms with van der Waals surface area (Å²) in [6.07, 6.45) is 0. The molecule has 2 N–H and O–H groups in total. The highest BCUT2D eigenvalue weighted by Gasteiger charge is 2.17. The van der Waals surface area contributed by atoms with Gasteiger partial charge in [-0.15, -0.1) is 0 Å². The first-order valence-corrected chi connectivity index (χ1v) is 6.91. The summed E-state index contributed by atoms with van der Waals surface area (Å²) >= 11 is 1.12. The molecule has 0 saturated heterocycles. The third kappa shape index (κ3) is 5.08. The molecule has 0 unspecified atom stereocenters. The number of nitrogen functional groups attached to an aromatic ring is 1. The number of aromatic nitrogens is 1. The van der Waals surface area contributed by atoms with Crippen LogP contribution in [0.15, 0.2) is 17.2 Å². The van der Waals surface area contributed by atoms with Gasteiger partial charge in [0.2, 0.25) is 0 Å². The van der Waals surface area contributed by atoms with E-state index >= 15 is 0 Å². The van der Waals surface area contributed by atoms with Gasteiger partial charge in [0.1, 0.15) is 16.3 Å². The molecule has 0 aliphatic rings. The van der Waals surface area contributed by atoms with Crippen LogP contribution in [0.1, 0.15) is 31.3 Å². The fraction of sp³-hybridized carbons (Fsp3) is 0.462. The topological polar surface area (TPSA) is 91.5 Å². The van der Waals surface area contributed by atoms with Gasteiger partial charge in [-0.05, 0) is 32.9 Å². The fourth-order valence-corrected chi connectivity index (χ4v) is 1.99. The molecular formula is C13H18N2O4S. The molecule has 1 heterocycles. The molecule has 1 aromatic heterocycles. The van der Waals surface area contributed by atoms with E-state index in [2.05, 4.69) is 9.72 Å². The fourth-order valence-electron chi connectivity index (χ4n) is 1.28. The molecule has 1 rings (SSSR count). The van der Waals surface area contributed by atoms with Crippen LogP contribution in [0.5, 0.6) is 0 Å². The highest BCUT2D eigenvalue weighted by atomic mass is 32.2. The second-order valence-electron chi connectivity index (χ2n) is 4.96. The van der Waals surface area contributed by atoms with Gasteiger partial charge in [-0.2, -0.15) is 0 Å². The van der Waals surface area contributed by atoms with Gasteiger partial charge in [-0.3, -0.25) is 4.79 Å². The molecule has 20 heavy (non-hydrogen) atoms. The molecule has 0 spiro atoms. The number of anilines is 1. The number of esters is 2. The summed E-state index contributed by atoms with van der Waals surface area (Å²) in [6.45, 7) is 5.38. The number of ether oxygens (including phenoxy) is 2. The van der Waals surface area contributed by atoms with E-state index in [1.165, 1.54) is 13.2 Å². The van der Waals surface area contributed by atoms with E-state index in [4.69, 9.17) is 10.5 Å². The maximum atomic E-state index is 11.6. The summed E-state index contributed by atoms with van der Waals surface area (Å²) in [5.41, 5.74) is 5.76. The Hall–Kier alpha value is -1.76. The number of nitrogens with zero attached hydrogens (tertiary/aromatic N) is 1. The second kappa shape index (κ2) is 6.60. The highest BCUT2D eigenvalue weighted by molar-refractivity contribution is 8.00. The first-order valence-electron chi connectivity index (χ1n) is 5.92. The van der Waals surface area contributed by atoms with E-state index in [1.807, 2.05) is 0 Å². The van der Waals surface area contributed by atoms with Gasteiger partial charge in [0.15, 0.2) is 0 Å². The predicted molar refractivity (Wildman–Crippen MR) is 76.6 cm³/mol. The van der Waals surface area contributed by atoms with Crippen molar-refractivity contribution < 1.29 is 19.1 Å². The molecule has 110 valence electrons. The van der Waals surface area contributed by atoms with Crippen molar-refractivity contribution in [2.24, 2.45) is 0 Å². The Bertz CT molecular complexity index is 512. The van der Waals surface area contributed by atoms with Gasteiger partial charge in [0, 0.05) is 0 Å².